The predicted molar refractivity (Wildman–Crippen MR) is 54.3 cm³/mol. The van der Waals surface area contributed by atoms with Gasteiger partial charge in [-0.2, -0.15) is 0 Å². The number of oxime groups is 1. The number of rotatable bonds is 7. The molecule has 0 aliphatic rings. The van der Waals surface area contributed by atoms with Crippen LogP contribution in [0.1, 0.15) is 6.42 Å². The Morgan fingerprint density at radius 1 is 1.18 bits per heavy atom. The number of carbonyl (C=O) groups is 2. The molecule has 2 amide bonds. The van der Waals surface area contributed by atoms with Crippen molar-refractivity contribution < 1.29 is 25.2 Å². The Kier molecular flexibility index (Phi) is 7.34. The van der Waals surface area contributed by atoms with Crippen LogP contribution in [0.15, 0.2) is 5.16 Å². The summed E-state index contributed by atoms with van der Waals surface area (Å²) in [5.74, 6) is -1.52. The fourth-order valence-corrected chi connectivity index (χ4v) is 1.01. The van der Waals surface area contributed by atoms with Crippen molar-refractivity contribution in [3.05, 3.63) is 0 Å². The maximum Gasteiger partial charge on any atom is 0.257 e. The summed E-state index contributed by atoms with van der Waals surface area (Å²) in [4.78, 5) is 23.1. The molecule has 0 heterocycles. The number of hydrogen-bond acceptors (Lipinski definition) is 7. The molecule has 0 radical (unpaired) electrons. The molecule has 0 fully saturated rings. The first kappa shape index (κ1) is 15.1. The molecule has 7 N–H and O–H groups in total. The van der Waals surface area contributed by atoms with Crippen molar-refractivity contribution in [3.8, 4) is 0 Å². The van der Waals surface area contributed by atoms with Crippen LogP contribution in [-0.2, 0) is 9.59 Å². The highest BCUT2D eigenvalue weighted by Gasteiger charge is 2.14. The van der Waals surface area contributed by atoms with Crippen molar-refractivity contribution in [2.24, 2.45) is 10.9 Å². The summed E-state index contributed by atoms with van der Waals surface area (Å²) in [6, 6.07) is 0. The first-order valence-corrected chi connectivity index (χ1v) is 4.58. The van der Waals surface area contributed by atoms with E-state index in [-0.39, 0.29) is 31.9 Å². The molecule has 0 aromatic carbocycles. The van der Waals surface area contributed by atoms with Crippen LogP contribution >= 0.6 is 0 Å². The van der Waals surface area contributed by atoms with Gasteiger partial charge in [0.05, 0.1) is 13.1 Å². The van der Waals surface area contributed by atoms with E-state index in [9.17, 15) is 9.59 Å². The summed E-state index contributed by atoms with van der Waals surface area (Å²) in [5.41, 5.74) is 8.03. The molecule has 98 valence electrons. The van der Waals surface area contributed by atoms with Crippen molar-refractivity contribution in [3.63, 3.8) is 0 Å². The van der Waals surface area contributed by atoms with Crippen LogP contribution in [0, 0.1) is 0 Å². The molecular weight excluding hydrogens is 234 g/mol. The summed E-state index contributed by atoms with van der Waals surface area (Å²) >= 11 is 0. The molecule has 10 heteroatoms. The zero-order valence-electron chi connectivity index (χ0n) is 8.96. The quantitative estimate of drug-likeness (QED) is 0.0950. The Bertz CT molecular complexity index is 276. The first-order valence-electron chi connectivity index (χ1n) is 4.58. The Labute approximate surface area is 96.6 Å². The van der Waals surface area contributed by atoms with Gasteiger partial charge in [0, 0.05) is 13.0 Å². The fraction of sp³-hybridized carbons (Fsp3) is 0.571. The van der Waals surface area contributed by atoms with E-state index < -0.39 is 11.8 Å². The molecule has 0 aliphatic carbocycles. The van der Waals surface area contributed by atoms with Crippen molar-refractivity contribution in [2.45, 2.75) is 6.42 Å². The van der Waals surface area contributed by atoms with Gasteiger partial charge in [-0.25, -0.2) is 11.0 Å². The number of nitrogens with zero attached hydrogens (tertiary/aromatic N) is 2. The highest BCUT2D eigenvalue weighted by atomic mass is 16.5. The normalized spacial score (nSPS) is 11.4. The largest absolute Gasteiger partial charge is 0.409 e. The molecule has 0 aromatic rings. The molecule has 0 spiro atoms. The Balaban J connectivity index is 4.29. The van der Waals surface area contributed by atoms with Gasteiger partial charge in [0.2, 0.25) is 0 Å². The molecular formula is C7H15N5O5. The van der Waals surface area contributed by atoms with Crippen molar-refractivity contribution >= 4 is 17.6 Å². The molecule has 17 heavy (non-hydrogen) atoms. The summed E-state index contributed by atoms with van der Waals surface area (Å²) in [5, 5.41) is 27.7. The zero-order valence-corrected chi connectivity index (χ0v) is 8.96. The van der Waals surface area contributed by atoms with Crippen molar-refractivity contribution in [1.29, 1.82) is 0 Å². The topological polar surface area (TPSA) is 161 Å². The molecule has 0 aliphatic heterocycles. The molecule has 0 unspecified atom stereocenters. The van der Waals surface area contributed by atoms with Crippen LogP contribution in [0.2, 0.25) is 0 Å². The number of nitrogens with two attached hydrogens (primary N) is 1. The molecule has 0 rings (SSSR count). The molecule has 0 saturated heterocycles. The fourth-order valence-electron chi connectivity index (χ4n) is 1.01. The summed E-state index contributed by atoms with van der Waals surface area (Å²) in [7, 11) is 0. The van der Waals surface area contributed by atoms with Crippen LogP contribution in [0.4, 0.5) is 0 Å². The first-order chi connectivity index (χ1) is 8.03. The third-order valence-corrected chi connectivity index (χ3v) is 1.80. The third-order valence-electron chi connectivity index (χ3n) is 1.80. The number of nitrogens with one attached hydrogen (secondary N) is 2. The van der Waals surface area contributed by atoms with Gasteiger partial charge >= 0.3 is 0 Å². The highest BCUT2D eigenvalue weighted by molar-refractivity contribution is 5.81. The van der Waals surface area contributed by atoms with Gasteiger partial charge in [0.25, 0.3) is 11.8 Å². The van der Waals surface area contributed by atoms with Crippen LogP contribution in [0.3, 0.4) is 0 Å². The van der Waals surface area contributed by atoms with Gasteiger partial charge in [0.15, 0.2) is 0 Å². The Hall–Kier alpha value is -1.91. The van der Waals surface area contributed by atoms with E-state index in [0.29, 0.717) is 0 Å². The second-order valence-electron chi connectivity index (χ2n) is 3.12. The van der Waals surface area contributed by atoms with Gasteiger partial charge in [-0.15, -0.1) is 0 Å². The minimum Gasteiger partial charge on any atom is -0.409 e. The minimum absolute atomic E-state index is 0.0659. The lowest BCUT2D eigenvalue weighted by Crippen LogP contribution is -2.42. The second kappa shape index (κ2) is 8.27. The van der Waals surface area contributed by atoms with Crippen LogP contribution in [-0.4, -0.2) is 57.8 Å². The van der Waals surface area contributed by atoms with E-state index in [0.717, 1.165) is 0 Å². The average molecular weight is 249 g/mol. The molecule has 0 aromatic heterocycles. The van der Waals surface area contributed by atoms with Gasteiger partial charge in [0.1, 0.15) is 5.84 Å². The monoisotopic (exact) mass is 249 g/mol. The molecule has 0 atom stereocenters. The van der Waals surface area contributed by atoms with E-state index in [1.54, 1.807) is 0 Å². The third kappa shape index (κ3) is 7.05. The lowest BCUT2D eigenvalue weighted by molar-refractivity contribution is -0.133. The van der Waals surface area contributed by atoms with Gasteiger partial charge in [-0.05, 0) is 0 Å². The number of hydroxylamine groups is 2. The SMILES string of the molecule is N/C(CCN(CC(=O)NO)CC(=O)NO)=N\O. The van der Waals surface area contributed by atoms with Gasteiger partial charge < -0.3 is 10.9 Å². The number of carbonyl (C=O) groups excluding carboxylic acids is 2. The van der Waals surface area contributed by atoms with Crippen LogP contribution < -0.4 is 16.7 Å². The number of amidine groups is 1. The minimum atomic E-state index is -0.727. The molecule has 10 nitrogen and oxygen atoms in total. The second-order valence-corrected chi connectivity index (χ2v) is 3.12. The van der Waals surface area contributed by atoms with E-state index in [1.807, 2.05) is 0 Å². The van der Waals surface area contributed by atoms with Gasteiger partial charge in [-0.3, -0.25) is 24.9 Å². The van der Waals surface area contributed by atoms with Crippen molar-refractivity contribution in [1.82, 2.24) is 15.9 Å². The standard InChI is InChI=1S/C7H15N5O5/c8-5(9-15)1-2-12(3-6(13)10-16)4-7(14)11-17/h15-17H,1-4H2,(H2,8,9)(H,10,13)(H,11,14). The van der Waals surface area contributed by atoms with Gasteiger partial charge in [-0.1, -0.05) is 5.16 Å². The smallest absolute Gasteiger partial charge is 0.257 e. The van der Waals surface area contributed by atoms with E-state index in [2.05, 4.69) is 5.16 Å². The Morgan fingerprint density at radius 2 is 1.65 bits per heavy atom. The number of amides is 2. The van der Waals surface area contributed by atoms with E-state index >= 15 is 0 Å². The predicted octanol–water partition coefficient (Wildman–Crippen LogP) is -2.56. The summed E-state index contributed by atoms with van der Waals surface area (Å²) in [6.45, 7) is -0.415. The Morgan fingerprint density at radius 3 is 2.00 bits per heavy atom. The lowest BCUT2D eigenvalue weighted by atomic mass is 10.3. The lowest BCUT2D eigenvalue weighted by Gasteiger charge is -2.19. The van der Waals surface area contributed by atoms with Crippen LogP contribution in [0.5, 0.6) is 0 Å². The zero-order chi connectivity index (χ0) is 13.3. The summed E-state index contributed by atoms with van der Waals surface area (Å²) < 4.78 is 0. The van der Waals surface area contributed by atoms with E-state index in [4.69, 9.17) is 21.4 Å². The molecule has 0 saturated carbocycles. The molecule has 0 bridgehead atoms. The maximum absolute atomic E-state index is 10.9. The maximum atomic E-state index is 10.9. The highest BCUT2D eigenvalue weighted by Crippen LogP contribution is 1.92. The average Bonchev–Trinajstić information content (AvgIpc) is 2.34. The van der Waals surface area contributed by atoms with Crippen molar-refractivity contribution in [2.75, 3.05) is 19.6 Å². The van der Waals surface area contributed by atoms with E-state index in [1.165, 1.54) is 15.9 Å². The summed E-state index contributed by atoms with van der Waals surface area (Å²) in [6.07, 6.45) is 0.119. The number of hydrogen-bond donors (Lipinski definition) is 6. The van der Waals surface area contributed by atoms with Crippen LogP contribution in [0.25, 0.3) is 0 Å².